The number of nitrogens with one attached hydrogen (secondary N) is 2. The first-order valence-electron chi connectivity index (χ1n) is 6.87. The van der Waals surface area contributed by atoms with E-state index < -0.39 is 0 Å². The van der Waals surface area contributed by atoms with Gasteiger partial charge < -0.3 is 10.6 Å². The van der Waals surface area contributed by atoms with Crippen LogP contribution in [0.3, 0.4) is 0 Å². The molecular formula is C15H20Cl2N4O. The summed E-state index contributed by atoms with van der Waals surface area (Å²) in [7, 11) is 0. The molecule has 2 aromatic rings. The van der Waals surface area contributed by atoms with Crippen molar-refractivity contribution in [3.63, 3.8) is 0 Å². The molecule has 1 aliphatic rings. The fraction of sp³-hybridized carbons (Fsp3) is 0.333. The molecule has 1 aromatic carbocycles. The highest BCUT2D eigenvalue weighted by Crippen LogP contribution is 2.16. The summed E-state index contributed by atoms with van der Waals surface area (Å²) in [5.74, 6) is 0.0547. The molecule has 0 bridgehead atoms. The highest BCUT2D eigenvalue weighted by Gasteiger charge is 2.10. The molecule has 22 heavy (non-hydrogen) atoms. The van der Waals surface area contributed by atoms with Crippen molar-refractivity contribution < 1.29 is 4.79 Å². The van der Waals surface area contributed by atoms with Crippen molar-refractivity contribution in [3.05, 3.63) is 53.3 Å². The molecule has 0 saturated carbocycles. The summed E-state index contributed by atoms with van der Waals surface area (Å²) in [6.45, 7) is 3.08. The fourth-order valence-corrected chi connectivity index (χ4v) is 2.40. The van der Waals surface area contributed by atoms with Gasteiger partial charge in [0, 0.05) is 45.0 Å². The van der Waals surface area contributed by atoms with Crippen LogP contribution in [-0.4, -0.2) is 15.7 Å². The van der Waals surface area contributed by atoms with Gasteiger partial charge in [-0.25, -0.2) is 0 Å². The fourth-order valence-electron chi connectivity index (χ4n) is 2.40. The molecule has 0 aliphatic carbocycles. The van der Waals surface area contributed by atoms with Gasteiger partial charge in [-0.1, -0.05) is 18.2 Å². The molecule has 5 nitrogen and oxygen atoms in total. The predicted octanol–water partition coefficient (Wildman–Crippen LogP) is 2.04. The molecule has 1 aromatic heterocycles. The molecule has 7 heteroatoms. The lowest BCUT2D eigenvalue weighted by Gasteiger charge is -2.07. The van der Waals surface area contributed by atoms with Gasteiger partial charge in [-0.15, -0.1) is 24.8 Å². The molecule has 3 rings (SSSR count). The molecule has 0 saturated heterocycles. The molecule has 1 aliphatic heterocycles. The molecular weight excluding hydrogens is 323 g/mol. The van der Waals surface area contributed by atoms with E-state index >= 15 is 0 Å². The minimum absolute atomic E-state index is 0. The van der Waals surface area contributed by atoms with Gasteiger partial charge in [-0.3, -0.25) is 9.48 Å². The van der Waals surface area contributed by atoms with Crippen molar-refractivity contribution in [2.24, 2.45) is 0 Å². The lowest BCUT2D eigenvalue weighted by molar-refractivity contribution is -0.121. The van der Waals surface area contributed by atoms with E-state index in [4.69, 9.17) is 0 Å². The second-order valence-electron chi connectivity index (χ2n) is 5.00. The zero-order valence-corrected chi connectivity index (χ0v) is 13.8. The van der Waals surface area contributed by atoms with Crippen molar-refractivity contribution in [1.82, 2.24) is 20.4 Å². The molecule has 0 radical (unpaired) electrons. The van der Waals surface area contributed by atoms with Gasteiger partial charge in [-0.05, 0) is 22.8 Å². The van der Waals surface area contributed by atoms with Crippen LogP contribution in [0.15, 0.2) is 36.7 Å². The quantitative estimate of drug-likeness (QED) is 0.874. The van der Waals surface area contributed by atoms with Gasteiger partial charge >= 0.3 is 0 Å². The van der Waals surface area contributed by atoms with E-state index in [2.05, 4.69) is 33.9 Å². The third-order valence-electron chi connectivity index (χ3n) is 3.52. The van der Waals surface area contributed by atoms with Crippen LogP contribution >= 0.6 is 24.8 Å². The third-order valence-corrected chi connectivity index (χ3v) is 3.52. The number of fused-ring (bicyclic) bond motifs is 1. The van der Waals surface area contributed by atoms with Gasteiger partial charge in [0.15, 0.2) is 0 Å². The van der Waals surface area contributed by atoms with Crippen molar-refractivity contribution in [2.45, 2.75) is 32.6 Å². The average Bonchev–Trinajstić information content (AvgIpc) is 3.13. The standard InChI is InChI=1S/C15H18N4O.2ClH/c20-15(4-7-19-6-1-5-18-19)17-9-12-2-3-13-10-16-11-14(13)8-12;;/h1-3,5-6,8,16H,4,7,9-11H2,(H,17,20);2*1H. The highest BCUT2D eigenvalue weighted by molar-refractivity contribution is 5.85. The van der Waals surface area contributed by atoms with Crippen LogP contribution in [0.2, 0.25) is 0 Å². The monoisotopic (exact) mass is 342 g/mol. The Hall–Kier alpha value is -1.56. The molecule has 0 unspecified atom stereocenters. The first-order chi connectivity index (χ1) is 9.81. The Kier molecular flexibility index (Phi) is 7.38. The Morgan fingerprint density at radius 3 is 2.86 bits per heavy atom. The number of carbonyl (C=O) groups excluding carboxylic acids is 1. The number of amides is 1. The average molecular weight is 343 g/mol. The second-order valence-corrected chi connectivity index (χ2v) is 5.00. The Balaban J connectivity index is 0.00000121. The van der Waals surface area contributed by atoms with Crippen molar-refractivity contribution in [2.75, 3.05) is 0 Å². The number of benzene rings is 1. The van der Waals surface area contributed by atoms with Gasteiger partial charge in [0.1, 0.15) is 0 Å². The summed E-state index contributed by atoms with van der Waals surface area (Å²) >= 11 is 0. The minimum atomic E-state index is 0. The van der Waals surface area contributed by atoms with Crippen molar-refractivity contribution in [1.29, 1.82) is 0 Å². The van der Waals surface area contributed by atoms with Crippen LogP contribution in [0.5, 0.6) is 0 Å². The summed E-state index contributed by atoms with van der Waals surface area (Å²) in [4.78, 5) is 11.8. The SMILES string of the molecule is Cl.Cl.O=C(CCn1cccn1)NCc1ccc2c(c1)CNC2. The third kappa shape index (κ3) is 4.73. The normalized spacial score (nSPS) is 12.0. The van der Waals surface area contributed by atoms with Crippen LogP contribution < -0.4 is 10.6 Å². The van der Waals surface area contributed by atoms with Gasteiger partial charge in [0.25, 0.3) is 0 Å². The Morgan fingerprint density at radius 2 is 2.09 bits per heavy atom. The maximum absolute atomic E-state index is 11.8. The Labute approximate surface area is 142 Å². The number of aromatic nitrogens is 2. The van der Waals surface area contributed by atoms with Crippen LogP contribution in [-0.2, 0) is 31.0 Å². The number of hydrogen-bond donors (Lipinski definition) is 2. The molecule has 0 fully saturated rings. The largest absolute Gasteiger partial charge is 0.352 e. The van der Waals surface area contributed by atoms with Crippen LogP contribution in [0.1, 0.15) is 23.1 Å². The summed E-state index contributed by atoms with van der Waals surface area (Å²) in [6.07, 6.45) is 4.03. The number of halogens is 2. The van der Waals surface area contributed by atoms with E-state index in [-0.39, 0.29) is 30.7 Å². The van der Waals surface area contributed by atoms with E-state index in [1.807, 2.05) is 12.3 Å². The summed E-state index contributed by atoms with van der Waals surface area (Å²) in [5.41, 5.74) is 3.85. The molecule has 0 spiro atoms. The maximum Gasteiger partial charge on any atom is 0.222 e. The number of rotatable bonds is 5. The second kappa shape index (κ2) is 8.78. The van der Waals surface area contributed by atoms with E-state index in [1.54, 1.807) is 10.9 Å². The van der Waals surface area contributed by atoms with Gasteiger partial charge in [-0.2, -0.15) is 5.10 Å². The number of nitrogens with zero attached hydrogens (tertiary/aromatic N) is 2. The highest BCUT2D eigenvalue weighted by atomic mass is 35.5. The number of aryl methyl sites for hydroxylation is 1. The molecule has 2 N–H and O–H groups in total. The van der Waals surface area contributed by atoms with Crippen molar-refractivity contribution in [3.8, 4) is 0 Å². The van der Waals surface area contributed by atoms with E-state index in [0.29, 0.717) is 19.5 Å². The Bertz CT molecular complexity index is 602. The van der Waals surface area contributed by atoms with E-state index in [9.17, 15) is 4.79 Å². The molecule has 1 amide bonds. The molecule has 2 heterocycles. The zero-order valence-electron chi connectivity index (χ0n) is 12.1. The summed E-state index contributed by atoms with van der Waals surface area (Å²) in [6, 6.07) is 8.25. The van der Waals surface area contributed by atoms with Gasteiger partial charge in [0.2, 0.25) is 5.91 Å². The topological polar surface area (TPSA) is 59.0 Å². The lowest BCUT2D eigenvalue weighted by Crippen LogP contribution is -2.24. The molecule has 120 valence electrons. The predicted molar refractivity (Wildman–Crippen MR) is 90.2 cm³/mol. The van der Waals surface area contributed by atoms with Gasteiger partial charge in [0.05, 0.1) is 0 Å². The first-order valence-corrected chi connectivity index (χ1v) is 6.87. The minimum Gasteiger partial charge on any atom is -0.352 e. The Morgan fingerprint density at radius 1 is 1.27 bits per heavy atom. The zero-order chi connectivity index (χ0) is 13.8. The van der Waals surface area contributed by atoms with Crippen LogP contribution in [0, 0.1) is 0 Å². The van der Waals surface area contributed by atoms with Crippen molar-refractivity contribution >= 4 is 30.7 Å². The molecule has 0 atom stereocenters. The summed E-state index contributed by atoms with van der Waals surface area (Å²) < 4.78 is 1.76. The van der Waals surface area contributed by atoms with Crippen LogP contribution in [0.25, 0.3) is 0 Å². The lowest BCUT2D eigenvalue weighted by atomic mass is 10.1. The van der Waals surface area contributed by atoms with E-state index in [0.717, 1.165) is 18.7 Å². The smallest absolute Gasteiger partial charge is 0.222 e. The first kappa shape index (κ1) is 18.5. The number of carbonyl (C=O) groups is 1. The number of hydrogen-bond acceptors (Lipinski definition) is 3. The maximum atomic E-state index is 11.8. The van der Waals surface area contributed by atoms with Crippen LogP contribution in [0.4, 0.5) is 0 Å². The van der Waals surface area contributed by atoms with E-state index in [1.165, 1.54) is 11.1 Å². The summed E-state index contributed by atoms with van der Waals surface area (Å²) in [5, 5.41) is 10.3.